The fourth-order valence-electron chi connectivity index (χ4n) is 2.44. The number of aromatic nitrogens is 3. The molecule has 3 rings (SSSR count). The minimum atomic E-state index is -4.43. The van der Waals surface area contributed by atoms with E-state index in [-0.39, 0.29) is 12.0 Å². The Bertz CT molecular complexity index is 918. The highest BCUT2D eigenvalue weighted by molar-refractivity contribution is 5.95. The van der Waals surface area contributed by atoms with E-state index >= 15 is 0 Å². The summed E-state index contributed by atoms with van der Waals surface area (Å²) in [5.41, 5.74) is 0.475. The van der Waals surface area contributed by atoms with Crippen LogP contribution in [0.25, 0.3) is 5.65 Å². The molecule has 0 spiro atoms. The number of hydrogen-bond acceptors (Lipinski definition) is 3. The minimum absolute atomic E-state index is 0.167. The Morgan fingerprint density at radius 2 is 2.04 bits per heavy atom. The van der Waals surface area contributed by atoms with Gasteiger partial charge in [0.05, 0.1) is 17.7 Å². The number of benzene rings is 1. The van der Waals surface area contributed by atoms with Crippen LogP contribution in [0.1, 0.15) is 23.9 Å². The predicted octanol–water partition coefficient (Wildman–Crippen LogP) is 3.49. The first-order valence-electron chi connectivity index (χ1n) is 7.67. The van der Waals surface area contributed by atoms with E-state index in [0.29, 0.717) is 23.6 Å². The number of hydrogen-bond donors (Lipinski definition) is 1. The number of anilines is 1. The number of rotatable bonds is 4. The molecule has 2 heterocycles. The molecule has 0 saturated carbocycles. The zero-order chi connectivity index (χ0) is 18.0. The Hall–Kier alpha value is -2.90. The standard InChI is InChI=1S/C17H15F3N4O/c1-2-14-22-16-13(7-4-8-24(16)23-14)21-15(25)10-11-5-3-6-12(9-11)17(18,19)20/h3-9H,2,10H2,1H3,(H,21,25). The van der Waals surface area contributed by atoms with Crippen molar-refractivity contribution in [2.45, 2.75) is 25.9 Å². The lowest BCUT2D eigenvalue weighted by Gasteiger charge is -2.09. The van der Waals surface area contributed by atoms with Gasteiger partial charge in [0, 0.05) is 12.6 Å². The lowest BCUT2D eigenvalue weighted by Crippen LogP contribution is -2.16. The first-order valence-corrected chi connectivity index (χ1v) is 7.67. The summed E-state index contributed by atoms with van der Waals surface area (Å²) in [5.74, 6) is 0.216. The lowest BCUT2D eigenvalue weighted by molar-refractivity contribution is -0.137. The van der Waals surface area contributed by atoms with Crippen molar-refractivity contribution < 1.29 is 18.0 Å². The van der Waals surface area contributed by atoms with Gasteiger partial charge in [-0.3, -0.25) is 4.79 Å². The zero-order valence-electron chi connectivity index (χ0n) is 13.3. The highest BCUT2D eigenvalue weighted by Gasteiger charge is 2.30. The average Bonchev–Trinajstić information content (AvgIpc) is 2.98. The van der Waals surface area contributed by atoms with E-state index in [2.05, 4.69) is 15.4 Å². The maximum absolute atomic E-state index is 12.7. The van der Waals surface area contributed by atoms with Crippen LogP contribution in [-0.4, -0.2) is 20.5 Å². The SMILES string of the molecule is CCc1nc2c(NC(=O)Cc3cccc(C(F)(F)F)c3)cccn2n1. The summed E-state index contributed by atoms with van der Waals surface area (Å²) < 4.78 is 39.8. The van der Waals surface area contributed by atoms with Crippen LogP contribution in [0.15, 0.2) is 42.6 Å². The Morgan fingerprint density at radius 3 is 2.76 bits per heavy atom. The zero-order valence-corrected chi connectivity index (χ0v) is 13.3. The van der Waals surface area contributed by atoms with E-state index in [0.717, 1.165) is 12.1 Å². The van der Waals surface area contributed by atoms with Gasteiger partial charge in [0.2, 0.25) is 5.91 Å². The van der Waals surface area contributed by atoms with Gasteiger partial charge in [0.1, 0.15) is 0 Å². The molecule has 8 heteroatoms. The number of alkyl halides is 3. The molecule has 0 radical (unpaired) electrons. The second-order valence-corrected chi connectivity index (χ2v) is 5.49. The number of halogens is 3. The van der Waals surface area contributed by atoms with Crippen LogP contribution in [0, 0.1) is 0 Å². The molecule has 0 aliphatic rings. The molecule has 1 amide bonds. The van der Waals surface area contributed by atoms with Gasteiger partial charge < -0.3 is 5.32 Å². The second kappa shape index (κ2) is 6.54. The third-order valence-corrected chi connectivity index (χ3v) is 3.62. The fraction of sp³-hybridized carbons (Fsp3) is 0.235. The van der Waals surface area contributed by atoms with Crippen LogP contribution < -0.4 is 5.32 Å². The van der Waals surface area contributed by atoms with E-state index in [4.69, 9.17) is 0 Å². The van der Waals surface area contributed by atoms with Crippen LogP contribution in [0.4, 0.5) is 18.9 Å². The minimum Gasteiger partial charge on any atom is -0.323 e. The molecule has 0 unspecified atom stereocenters. The molecule has 0 aliphatic carbocycles. The third kappa shape index (κ3) is 3.78. The third-order valence-electron chi connectivity index (χ3n) is 3.62. The van der Waals surface area contributed by atoms with E-state index < -0.39 is 17.6 Å². The second-order valence-electron chi connectivity index (χ2n) is 5.49. The van der Waals surface area contributed by atoms with Gasteiger partial charge >= 0.3 is 6.18 Å². The highest BCUT2D eigenvalue weighted by atomic mass is 19.4. The molecule has 5 nitrogen and oxygen atoms in total. The van der Waals surface area contributed by atoms with Crippen LogP contribution in [-0.2, 0) is 23.8 Å². The number of amides is 1. The van der Waals surface area contributed by atoms with Gasteiger partial charge in [0.25, 0.3) is 0 Å². The summed E-state index contributed by atoms with van der Waals surface area (Å²) >= 11 is 0. The number of carbonyl (C=O) groups excluding carboxylic acids is 1. The Balaban J connectivity index is 1.78. The molecule has 0 saturated heterocycles. The summed E-state index contributed by atoms with van der Waals surface area (Å²) in [6.45, 7) is 1.92. The Morgan fingerprint density at radius 1 is 1.24 bits per heavy atom. The molecule has 25 heavy (non-hydrogen) atoms. The summed E-state index contributed by atoms with van der Waals surface area (Å²) in [5, 5.41) is 6.94. The van der Waals surface area contributed by atoms with Crippen molar-refractivity contribution in [2.24, 2.45) is 0 Å². The lowest BCUT2D eigenvalue weighted by atomic mass is 10.1. The molecule has 0 aliphatic heterocycles. The van der Waals surface area contributed by atoms with Crippen molar-refractivity contribution in [3.8, 4) is 0 Å². The van der Waals surface area contributed by atoms with Gasteiger partial charge in [-0.15, -0.1) is 0 Å². The number of nitrogens with one attached hydrogen (secondary N) is 1. The van der Waals surface area contributed by atoms with Crippen molar-refractivity contribution in [2.75, 3.05) is 5.32 Å². The molecule has 3 aromatic rings. The topological polar surface area (TPSA) is 59.3 Å². The summed E-state index contributed by atoms with van der Waals surface area (Å²) in [6, 6.07) is 8.12. The number of aryl methyl sites for hydroxylation is 1. The molecule has 130 valence electrons. The average molecular weight is 348 g/mol. The molecule has 1 aromatic carbocycles. The molecular formula is C17H15F3N4O. The maximum atomic E-state index is 12.7. The summed E-state index contributed by atoms with van der Waals surface area (Å²) in [6.07, 6.45) is -2.24. The van der Waals surface area contributed by atoms with Crippen LogP contribution >= 0.6 is 0 Å². The van der Waals surface area contributed by atoms with Crippen molar-refractivity contribution in [3.05, 3.63) is 59.5 Å². The smallest absolute Gasteiger partial charge is 0.323 e. The van der Waals surface area contributed by atoms with Gasteiger partial charge in [-0.2, -0.15) is 18.3 Å². The molecule has 0 bridgehead atoms. The Kier molecular flexibility index (Phi) is 4.43. The number of carbonyl (C=O) groups is 1. The first-order chi connectivity index (χ1) is 11.9. The molecule has 0 atom stereocenters. The van der Waals surface area contributed by atoms with Crippen molar-refractivity contribution in [3.63, 3.8) is 0 Å². The van der Waals surface area contributed by atoms with Crippen LogP contribution in [0.5, 0.6) is 0 Å². The number of nitrogens with zero attached hydrogens (tertiary/aromatic N) is 3. The maximum Gasteiger partial charge on any atom is 0.416 e. The van der Waals surface area contributed by atoms with Gasteiger partial charge in [-0.1, -0.05) is 25.1 Å². The van der Waals surface area contributed by atoms with Crippen molar-refractivity contribution >= 4 is 17.2 Å². The van der Waals surface area contributed by atoms with Gasteiger partial charge in [0.15, 0.2) is 11.5 Å². The summed E-state index contributed by atoms with van der Waals surface area (Å²) in [7, 11) is 0. The normalized spacial score (nSPS) is 11.7. The van der Waals surface area contributed by atoms with Crippen LogP contribution in [0.2, 0.25) is 0 Å². The molecule has 2 aromatic heterocycles. The Labute approximate surface area is 141 Å². The van der Waals surface area contributed by atoms with E-state index in [9.17, 15) is 18.0 Å². The largest absolute Gasteiger partial charge is 0.416 e. The monoisotopic (exact) mass is 348 g/mol. The molecule has 0 fully saturated rings. The highest BCUT2D eigenvalue weighted by Crippen LogP contribution is 2.29. The van der Waals surface area contributed by atoms with Gasteiger partial charge in [-0.05, 0) is 23.8 Å². The number of fused-ring (bicyclic) bond motifs is 1. The van der Waals surface area contributed by atoms with E-state index in [1.807, 2.05) is 6.92 Å². The fourth-order valence-corrected chi connectivity index (χ4v) is 2.44. The van der Waals surface area contributed by atoms with Crippen molar-refractivity contribution in [1.29, 1.82) is 0 Å². The van der Waals surface area contributed by atoms with Crippen LogP contribution in [0.3, 0.4) is 0 Å². The molecular weight excluding hydrogens is 333 g/mol. The molecule has 1 N–H and O–H groups in total. The quantitative estimate of drug-likeness (QED) is 0.785. The number of pyridine rings is 1. The predicted molar refractivity (Wildman–Crippen MR) is 86.1 cm³/mol. The van der Waals surface area contributed by atoms with E-state index in [1.165, 1.54) is 12.1 Å². The van der Waals surface area contributed by atoms with E-state index in [1.54, 1.807) is 22.8 Å². The van der Waals surface area contributed by atoms with Gasteiger partial charge in [-0.25, -0.2) is 9.50 Å². The summed E-state index contributed by atoms with van der Waals surface area (Å²) in [4.78, 5) is 16.5. The van der Waals surface area contributed by atoms with Crippen molar-refractivity contribution in [1.82, 2.24) is 14.6 Å². The first kappa shape index (κ1) is 16.9.